The smallest absolute Gasteiger partial charge is 0.317 e. The van der Waals surface area contributed by atoms with E-state index in [2.05, 4.69) is 5.32 Å². The normalized spacial score (nSPS) is 20.7. The van der Waals surface area contributed by atoms with Crippen LogP contribution in [0.15, 0.2) is 24.3 Å². The zero-order valence-corrected chi connectivity index (χ0v) is 13.7. The van der Waals surface area contributed by atoms with E-state index in [4.69, 9.17) is 4.74 Å². The second-order valence-electron chi connectivity index (χ2n) is 6.16. The largest absolute Gasteiger partial charge is 0.489 e. The molecule has 3 atom stereocenters. The van der Waals surface area contributed by atoms with E-state index < -0.39 is 6.10 Å². The zero-order valence-electron chi connectivity index (χ0n) is 13.7. The van der Waals surface area contributed by atoms with Gasteiger partial charge in [-0.1, -0.05) is 6.07 Å². The monoisotopic (exact) mass is 324 g/mol. The van der Waals surface area contributed by atoms with Gasteiger partial charge in [-0.25, -0.2) is 9.18 Å². The molecule has 1 aliphatic rings. The maximum absolute atomic E-state index is 13.1. The van der Waals surface area contributed by atoms with Crippen LogP contribution in [0.2, 0.25) is 0 Å². The topological polar surface area (TPSA) is 61.8 Å². The third-order valence-corrected chi connectivity index (χ3v) is 4.10. The lowest BCUT2D eigenvalue weighted by Crippen LogP contribution is -2.49. The lowest BCUT2D eigenvalue weighted by atomic mass is 9.94. The fourth-order valence-electron chi connectivity index (χ4n) is 2.75. The zero-order chi connectivity index (χ0) is 16.8. The van der Waals surface area contributed by atoms with Crippen LogP contribution in [0, 0.1) is 11.7 Å². The first-order valence-corrected chi connectivity index (χ1v) is 8.08. The molecular formula is C17H25FN2O3. The van der Waals surface area contributed by atoms with Crippen LogP contribution in [0.25, 0.3) is 0 Å². The molecule has 5 nitrogen and oxygen atoms in total. The van der Waals surface area contributed by atoms with Crippen LogP contribution in [0.4, 0.5) is 9.18 Å². The summed E-state index contributed by atoms with van der Waals surface area (Å²) in [5.41, 5.74) is 0. The first kappa shape index (κ1) is 17.5. The Morgan fingerprint density at radius 1 is 1.52 bits per heavy atom. The number of hydrogen-bond acceptors (Lipinski definition) is 3. The number of urea groups is 1. The minimum atomic E-state index is -0.402. The molecule has 1 fully saturated rings. The molecular weight excluding hydrogens is 299 g/mol. The first-order chi connectivity index (χ1) is 11.0. The summed E-state index contributed by atoms with van der Waals surface area (Å²) in [6.45, 7) is 5.20. The molecule has 1 aromatic carbocycles. The number of piperidine rings is 1. The molecule has 0 aliphatic carbocycles. The molecule has 0 bridgehead atoms. The quantitative estimate of drug-likeness (QED) is 0.874. The van der Waals surface area contributed by atoms with Crippen molar-refractivity contribution in [2.75, 3.05) is 19.6 Å². The third-order valence-electron chi connectivity index (χ3n) is 4.10. The fraction of sp³-hybridized carbons (Fsp3) is 0.588. The molecule has 128 valence electrons. The molecule has 2 rings (SSSR count). The lowest BCUT2D eigenvalue weighted by Gasteiger charge is -2.34. The van der Waals surface area contributed by atoms with Gasteiger partial charge in [0.2, 0.25) is 0 Å². The Morgan fingerprint density at radius 3 is 3.00 bits per heavy atom. The molecule has 2 N–H and O–H groups in total. The summed E-state index contributed by atoms with van der Waals surface area (Å²) in [6, 6.07) is 5.79. The third kappa shape index (κ3) is 5.39. The van der Waals surface area contributed by atoms with Gasteiger partial charge in [0.1, 0.15) is 17.7 Å². The van der Waals surface area contributed by atoms with Gasteiger partial charge in [0.25, 0.3) is 0 Å². The van der Waals surface area contributed by atoms with E-state index in [1.807, 2.05) is 6.92 Å². The number of nitrogens with zero attached hydrogens (tertiary/aromatic N) is 1. The van der Waals surface area contributed by atoms with Crippen molar-refractivity contribution in [2.24, 2.45) is 5.92 Å². The summed E-state index contributed by atoms with van der Waals surface area (Å²) < 4.78 is 18.7. The maximum Gasteiger partial charge on any atom is 0.317 e. The number of aliphatic hydroxyl groups is 1. The molecule has 6 heteroatoms. The minimum Gasteiger partial charge on any atom is -0.489 e. The van der Waals surface area contributed by atoms with E-state index in [0.717, 1.165) is 12.8 Å². The Balaban J connectivity index is 1.77. The molecule has 0 spiro atoms. The van der Waals surface area contributed by atoms with Gasteiger partial charge in [0, 0.05) is 25.1 Å². The Morgan fingerprint density at radius 2 is 2.30 bits per heavy atom. The standard InChI is InChI=1S/C17H25FN2O3/c1-12(23-16-7-3-6-15(18)9-16)10-19-17(22)20-8-4-5-14(11-20)13(2)21/h3,6-7,9,12-14,21H,4-5,8,10-11H2,1-2H3,(H,19,22). The Labute approximate surface area is 136 Å². The number of carbonyl (C=O) groups is 1. The van der Waals surface area contributed by atoms with Crippen LogP contribution >= 0.6 is 0 Å². The number of likely N-dealkylation sites (tertiary alicyclic amines) is 1. The number of nitrogens with one attached hydrogen (secondary N) is 1. The Hall–Kier alpha value is -1.82. The molecule has 3 unspecified atom stereocenters. The SMILES string of the molecule is CC(CNC(=O)N1CCCC(C(C)O)C1)Oc1cccc(F)c1. The van der Waals surface area contributed by atoms with Crippen molar-refractivity contribution in [1.82, 2.24) is 10.2 Å². The van der Waals surface area contributed by atoms with Crippen molar-refractivity contribution in [2.45, 2.75) is 38.9 Å². The van der Waals surface area contributed by atoms with Gasteiger partial charge in [-0.15, -0.1) is 0 Å². The Bertz CT molecular complexity index is 524. The van der Waals surface area contributed by atoms with Crippen LogP contribution in [-0.4, -0.2) is 47.9 Å². The van der Waals surface area contributed by atoms with Crippen molar-refractivity contribution in [1.29, 1.82) is 0 Å². The molecule has 0 saturated carbocycles. The van der Waals surface area contributed by atoms with Crippen molar-refractivity contribution in [3.8, 4) is 5.75 Å². The van der Waals surface area contributed by atoms with Crippen LogP contribution in [0.5, 0.6) is 5.75 Å². The molecule has 1 saturated heterocycles. The van der Waals surface area contributed by atoms with Crippen LogP contribution < -0.4 is 10.1 Å². The van der Waals surface area contributed by atoms with E-state index in [1.54, 1.807) is 24.0 Å². The molecule has 1 aliphatic heterocycles. The van der Waals surface area contributed by atoms with Gasteiger partial charge in [-0.2, -0.15) is 0 Å². The van der Waals surface area contributed by atoms with Gasteiger partial charge < -0.3 is 20.1 Å². The van der Waals surface area contributed by atoms with E-state index in [0.29, 0.717) is 25.4 Å². The van der Waals surface area contributed by atoms with Crippen molar-refractivity contribution < 1.29 is 19.0 Å². The summed E-state index contributed by atoms with van der Waals surface area (Å²) >= 11 is 0. The van der Waals surface area contributed by atoms with E-state index in [1.165, 1.54) is 12.1 Å². The number of rotatable bonds is 5. The average molecular weight is 324 g/mol. The highest BCUT2D eigenvalue weighted by molar-refractivity contribution is 5.74. The number of benzene rings is 1. The summed E-state index contributed by atoms with van der Waals surface area (Å²) in [7, 11) is 0. The second-order valence-corrected chi connectivity index (χ2v) is 6.16. The number of ether oxygens (including phenoxy) is 1. The number of carbonyl (C=O) groups excluding carboxylic acids is 1. The Kier molecular flexibility index (Phi) is 6.21. The van der Waals surface area contributed by atoms with E-state index >= 15 is 0 Å². The van der Waals surface area contributed by atoms with Crippen LogP contribution in [-0.2, 0) is 0 Å². The van der Waals surface area contributed by atoms with Gasteiger partial charge in [-0.3, -0.25) is 0 Å². The lowest BCUT2D eigenvalue weighted by molar-refractivity contribution is 0.0732. The number of amides is 2. The second kappa shape index (κ2) is 8.15. The first-order valence-electron chi connectivity index (χ1n) is 8.08. The summed E-state index contributed by atoms with van der Waals surface area (Å²) in [5.74, 6) is 0.227. The highest BCUT2D eigenvalue weighted by atomic mass is 19.1. The number of halogens is 1. The fourth-order valence-corrected chi connectivity index (χ4v) is 2.75. The molecule has 0 aromatic heterocycles. The predicted octanol–water partition coefficient (Wildman–Crippen LogP) is 2.40. The molecule has 1 heterocycles. The maximum atomic E-state index is 13.1. The van der Waals surface area contributed by atoms with Gasteiger partial charge in [0.15, 0.2) is 0 Å². The number of hydrogen-bond donors (Lipinski definition) is 2. The van der Waals surface area contributed by atoms with E-state index in [-0.39, 0.29) is 23.9 Å². The molecule has 2 amide bonds. The van der Waals surface area contributed by atoms with Crippen molar-refractivity contribution in [3.63, 3.8) is 0 Å². The average Bonchev–Trinajstić information content (AvgIpc) is 2.52. The molecule has 1 aromatic rings. The minimum absolute atomic E-state index is 0.135. The molecule has 23 heavy (non-hydrogen) atoms. The van der Waals surface area contributed by atoms with Crippen molar-refractivity contribution in [3.05, 3.63) is 30.1 Å². The molecule has 0 radical (unpaired) electrons. The summed E-state index contributed by atoms with van der Waals surface area (Å²) in [4.78, 5) is 13.9. The van der Waals surface area contributed by atoms with Gasteiger partial charge in [-0.05, 0) is 38.8 Å². The highest BCUT2D eigenvalue weighted by Crippen LogP contribution is 2.19. The van der Waals surface area contributed by atoms with E-state index in [9.17, 15) is 14.3 Å². The van der Waals surface area contributed by atoms with Crippen LogP contribution in [0.3, 0.4) is 0 Å². The van der Waals surface area contributed by atoms with Crippen LogP contribution in [0.1, 0.15) is 26.7 Å². The number of aliphatic hydroxyl groups excluding tert-OH is 1. The predicted molar refractivity (Wildman–Crippen MR) is 85.9 cm³/mol. The highest BCUT2D eigenvalue weighted by Gasteiger charge is 2.26. The van der Waals surface area contributed by atoms with Gasteiger partial charge >= 0.3 is 6.03 Å². The van der Waals surface area contributed by atoms with Crippen molar-refractivity contribution >= 4 is 6.03 Å². The summed E-state index contributed by atoms with van der Waals surface area (Å²) in [5, 5.41) is 12.5. The van der Waals surface area contributed by atoms with Gasteiger partial charge in [0.05, 0.1) is 12.6 Å². The summed E-state index contributed by atoms with van der Waals surface area (Å²) in [6.07, 6.45) is 1.18.